The molecule has 3 aromatic carbocycles. The van der Waals surface area contributed by atoms with Crippen LogP contribution < -0.4 is 11.1 Å². The molecular weight excluding hydrogens is 428 g/mol. The van der Waals surface area contributed by atoms with Gasteiger partial charge in [-0.1, -0.05) is 119 Å². The predicted molar refractivity (Wildman–Crippen MR) is 149 cm³/mol. The van der Waals surface area contributed by atoms with E-state index in [1.165, 1.54) is 74.1 Å². The van der Waals surface area contributed by atoms with Crippen LogP contribution in [0.2, 0.25) is 0 Å². The Kier molecular flexibility index (Phi) is 11.8. The average Bonchev–Trinajstić information content (AvgIpc) is 2.88. The molecule has 0 aliphatic heterocycles. The zero-order valence-electron chi connectivity index (χ0n) is 21.5. The molecule has 2 N–H and O–H groups in total. The van der Waals surface area contributed by atoms with E-state index in [1.807, 2.05) is 24.3 Å². The number of hydrogen-bond donors (Lipinski definition) is 1. The highest BCUT2D eigenvalue weighted by Crippen LogP contribution is 2.20. The zero-order chi connectivity index (χ0) is 24.7. The van der Waals surface area contributed by atoms with E-state index in [9.17, 15) is 4.79 Å². The van der Waals surface area contributed by atoms with Gasteiger partial charge >= 0.3 is 0 Å². The maximum atomic E-state index is 12.5. The Morgan fingerprint density at radius 1 is 0.743 bits per heavy atom. The van der Waals surface area contributed by atoms with Crippen LogP contribution in [0.5, 0.6) is 0 Å². The third kappa shape index (κ3) is 9.49. The fraction of sp³-hybridized carbons (Fsp3) is 0.469. The standard InChI is InChI=1S/C32H43N2O/c1-2-3-4-5-6-7-8-9-10-13-23-34-32(35)28-21-19-26(20-22-28)24-30(33)25-29-17-14-16-27-15-11-12-18-31(27)29/h11-12,14-22,30,33H,2-10,13,23-25H2,1H3,(H,34,35). The first kappa shape index (κ1) is 26.9. The number of hydrogen-bond acceptors (Lipinski definition) is 1. The largest absolute Gasteiger partial charge is 0.352 e. The summed E-state index contributed by atoms with van der Waals surface area (Å²) in [6, 6.07) is 22.3. The third-order valence-corrected chi connectivity index (χ3v) is 6.86. The zero-order valence-corrected chi connectivity index (χ0v) is 21.5. The maximum Gasteiger partial charge on any atom is 0.251 e. The predicted octanol–water partition coefficient (Wildman–Crippen LogP) is 7.93. The molecular formula is C32H43N2O. The first-order chi connectivity index (χ1) is 17.2. The molecule has 0 saturated heterocycles. The lowest BCUT2D eigenvalue weighted by molar-refractivity contribution is 0.0953. The number of fused-ring (bicyclic) bond motifs is 1. The van der Waals surface area contributed by atoms with E-state index in [1.54, 1.807) is 0 Å². The number of carbonyl (C=O) groups excluding carboxylic acids is 1. The van der Waals surface area contributed by atoms with Crippen molar-refractivity contribution in [1.29, 1.82) is 0 Å². The minimum Gasteiger partial charge on any atom is -0.352 e. The van der Waals surface area contributed by atoms with E-state index in [2.05, 4.69) is 54.7 Å². The van der Waals surface area contributed by atoms with Crippen molar-refractivity contribution in [3.8, 4) is 0 Å². The Morgan fingerprint density at radius 3 is 2.09 bits per heavy atom. The van der Waals surface area contributed by atoms with E-state index < -0.39 is 0 Å². The van der Waals surface area contributed by atoms with Crippen LogP contribution in [-0.2, 0) is 12.8 Å². The van der Waals surface area contributed by atoms with Crippen LogP contribution in [0.3, 0.4) is 0 Å². The van der Waals surface area contributed by atoms with Crippen LogP contribution in [-0.4, -0.2) is 18.5 Å². The van der Waals surface area contributed by atoms with Crippen molar-refractivity contribution in [1.82, 2.24) is 11.1 Å². The highest BCUT2D eigenvalue weighted by molar-refractivity contribution is 5.94. The molecule has 3 heteroatoms. The van der Waals surface area contributed by atoms with E-state index in [-0.39, 0.29) is 11.9 Å². The molecule has 1 unspecified atom stereocenters. The number of benzene rings is 3. The van der Waals surface area contributed by atoms with E-state index in [4.69, 9.17) is 5.73 Å². The summed E-state index contributed by atoms with van der Waals surface area (Å²) >= 11 is 0. The Labute approximate surface area is 212 Å². The van der Waals surface area contributed by atoms with E-state index in [0.29, 0.717) is 12.0 Å². The van der Waals surface area contributed by atoms with Gasteiger partial charge in [-0.2, -0.15) is 0 Å². The molecule has 0 aliphatic carbocycles. The van der Waals surface area contributed by atoms with Gasteiger partial charge in [-0.05, 0) is 53.3 Å². The maximum absolute atomic E-state index is 12.5. The lowest BCUT2D eigenvalue weighted by atomic mass is 9.95. The summed E-state index contributed by atoms with van der Waals surface area (Å²) in [6.07, 6.45) is 14.4. The lowest BCUT2D eigenvalue weighted by Crippen LogP contribution is -2.24. The van der Waals surface area contributed by atoms with Crippen molar-refractivity contribution in [2.45, 2.75) is 90.0 Å². The summed E-state index contributed by atoms with van der Waals surface area (Å²) in [5, 5.41) is 5.52. The fourth-order valence-electron chi connectivity index (χ4n) is 4.80. The first-order valence-corrected chi connectivity index (χ1v) is 13.7. The Morgan fingerprint density at radius 2 is 1.37 bits per heavy atom. The van der Waals surface area contributed by atoms with Crippen LogP contribution in [0.4, 0.5) is 0 Å². The topological polar surface area (TPSA) is 52.9 Å². The Balaban J connectivity index is 1.33. The first-order valence-electron chi connectivity index (χ1n) is 13.7. The van der Waals surface area contributed by atoms with Gasteiger partial charge in [0.2, 0.25) is 0 Å². The molecule has 3 nitrogen and oxygen atoms in total. The van der Waals surface area contributed by atoms with Crippen molar-refractivity contribution >= 4 is 16.7 Å². The molecule has 0 saturated carbocycles. The van der Waals surface area contributed by atoms with Gasteiger partial charge < -0.3 is 5.32 Å². The van der Waals surface area contributed by atoms with Gasteiger partial charge in [0, 0.05) is 18.2 Å². The summed E-state index contributed by atoms with van der Waals surface area (Å²) in [4.78, 5) is 12.5. The molecule has 3 rings (SSSR count). The second kappa shape index (κ2) is 15.4. The normalized spacial score (nSPS) is 12.1. The highest BCUT2D eigenvalue weighted by atomic mass is 16.1. The van der Waals surface area contributed by atoms with Crippen molar-refractivity contribution in [2.75, 3.05) is 6.54 Å². The highest BCUT2D eigenvalue weighted by Gasteiger charge is 2.10. The summed E-state index contributed by atoms with van der Waals surface area (Å²) in [5.74, 6) is 0.00523. The molecule has 187 valence electrons. The summed E-state index contributed by atoms with van der Waals surface area (Å²) in [7, 11) is 0. The van der Waals surface area contributed by atoms with Crippen LogP contribution in [0.1, 0.15) is 92.6 Å². The van der Waals surface area contributed by atoms with Gasteiger partial charge in [0.25, 0.3) is 5.91 Å². The molecule has 3 aromatic rings. The van der Waals surface area contributed by atoms with Gasteiger partial charge in [0.15, 0.2) is 0 Å². The molecule has 0 fully saturated rings. The van der Waals surface area contributed by atoms with Gasteiger partial charge in [0.05, 0.1) is 0 Å². The third-order valence-electron chi connectivity index (χ3n) is 6.86. The lowest BCUT2D eigenvalue weighted by Gasteiger charge is -2.13. The molecule has 0 heterocycles. The van der Waals surface area contributed by atoms with Crippen LogP contribution in [0.25, 0.3) is 10.8 Å². The number of carbonyl (C=O) groups is 1. The number of nitrogens with one attached hydrogen (secondary N) is 2. The van der Waals surface area contributed by atoms with E-state index in [0.717, 1.165) is 24.9 Å². The molecule has 0 aliphatic rings. The molecule has 0 spiro atoms. The van der Waals surface area contributed by atoms with Gasteiger partial charge in [-0.15, -0.1) is 0 Å². The monoisotopic (exact) mass is 471 g/mol. The minimum absolute atomic E-state index is 0.00523. The minimum atomic E-state index is -0.211. The molecule has 35 heavy (non-hydrogen) atoms. The van der Waals surface area contributed by atoms with E-state index >= 15 is 0 Å². The molecule has 0 bridgehead atoms. The molecule has 1 amide bonds. The van der Waals surface area contributed by atoms with Gasteiger partial charge in [-0.25, -0.2) is 0 Å². The summed E-state index contributed by atoms with van der Waals surface area (Å²) in [5.41, 5.74) is 11.6. The van der Waals surface area contributed by atoms with Crippen LogP contribution in [0.15, 0.2) is 66.7 Å². The average molecular weight is 472 g/mol. The van der Waals surface area contributed by atoms with Crippen molar-refractivity contribution < 1.29 is 4.79 Å². The smallest absolute Gasteiger partial charge is 0.251 e. The summed E-state index contributed by atoms with van der Waals surface area (Å²) < 4.78 is 0. The second-order valence-corrected chi connectivity index (χ2v) is 9.88. The summed E-state index contributed by atoms with van der Waals surface area (Å²) in [6.45, 7) is 3.01. The quantitative estimate of drug-likeness (QED) is 0.212. The Bertz CT molecular complexity index is 1010. The Hall–Kier alpha value is -2.65. The van der Waals surface area contributed by atoms with Crippen LogP contribution in [0, 0.1) is 0 Å². The van der Waals surface area contributed by atoms with Crippen molar-refractivity contribution in [2.24, 2.45) is 0 Å². The van der Waals surface area contributed by atoms with Gasteiger partial charge in [-0.3, -0.25) is 10.5 Å². The number of rotatable bonds is 16. The fourth-order valence-corrected chi connectivity index (χ4v) is 4.80. The van der Waals surface area contributed by atoms with Gasteiger partial charge in [0.1, 0.15) is 0 Å². The number of unbranched alkanes of at least 4 members (excludes halogenated alkanes) is 9. The second-order valence-electron chi connectivity index (χ2n) is 9.88. The molecule has 1 radical (unpaired) electrons. The van der Waals surface area contributed by atoms with Crippen molar-refractivity contribution in [3.63, 3.8) is 0 Å². The SMILES string of the molecule is CCCCCCCCCCCCNC(=O)c1ccc(CC([NH])Cc2cccc3ccccc23)cc1. The molecule has 0 aromatic heterocycles. The van der Waals surface area contributed by atoms with Crippen LogP contribution >= 0.6 is 0 Å². The number of amides is 1. The van der Waals surface area contributed by atoms with Crippen molar-refractivity contribution in [3.05, 3.63) is 83.4 Å². The molecule has 1 atom stereocenters.